The molecule has 0 bridgehead atoms. The maximum Gasteiger partial charge on any atom is 0.0142 e. The van der Waals surface area contributed by atoms with Gasteiger partial charge in [-0.1, -0.05) is 54.1 Å². The van der Waals surface area contributed by atoms with E-state index >= 15 is 0 Å². The molecule has 2 aromatic rings. The Labute approximate surface area is 127 Å². The lowest BCUT2D eigenvalue weighted by molar-refractivity contribution is 0.373. The van der Waals surface area contributed by atoms with Gasteiger partial charge in [0.15, 0.2) is 0 Å². The molecule has 1 saturated heterocycles. The van der Waals surface area contributed by atoms with Crippen LogP contribution >= 0.6 is 0 Å². The monoisotopic (exact) mass is 277 g/mol. The Morgan fingerprint density at radius 1 is 1.10 bits per heavy atom. The summed E-state index contributed by atoms with van der Waals surface area (Å²) in [6.07, 6.45) is 3.76. The highest BCUT2D eigenvalue weighted by molar-refractivity contribution is 5.36. The molecule has 3 atom stereocenters. The van der Waals surface area contributed by atoms with Crippen LogP contribution in [0.5, 0.6) is 0 Å². The molecular weight excluding hydrogens is 254 g/mol. The molecular formula is C20H23N. The van der Waals surface area contributed by atoms with Crippen molar-refractivity contribution in [3.05, 3.63) is 70.8 Å². The lowest BCUT2D eigenvalue weighted by atomic mass is 9.74. The zero-order valence-electron chi connectivity index (χ0n) is 12.7. The smallest absolute Gasteiger partial charge is 0.0142 e. The zero-order valence-corrected chi connectivity index (χ0v) is 12.7. The third kappa shape index (κ3) is 2.40. The van der Waals surface area contributed by atoms with Crippen molar-refractivity contribution < 1.29 is 0 Å². The van der Waals surface area contributed by atoms with Crippen molar-refractivity contribution in [1.29, 1.82) is 0 Å². The number of hydrogen-bond acceptors (Lipinski definition) is 1. The maximum absolute atomic E-state index is 3.81. The van der Waals surface area contributed by atoms with E-state index in [1.165, 1.54) is 30.4 Å². The van der Waals surface area contributed by atoms with Crippen LogP contribution in [-0.2, 0) is 12.8 Å². The Bertz CT molecular complexity index is 646. The Kier molecular flexibility index (Phi) is 3.31. The van der Waals surface area contributed by atoms with Crippen molar-refractivity contribution in [3.8, 4) is 0 Å². The first kappa shape index (κ1) is 13.1. The van der Waals surface area contributed by atoms with Crippen LogP contribution < -0.4 is 5.32 Å². The molecule has 1 heteroatoms. The minimum absolute atomic E-state index is 0.644. The summed E-state index contributed by atoms with van der Waals surface area (Å²) in [6.45, 7) is 3.34. The summed E-state index contributed by atoms with van der Waals surface area (Å²) in [5.41, 5.74) is 6.03. The van der Waals surface area contributed by atoms with Crippen molar-refractivity contribution >= 4 is 0 Å². The number of benzene rings is 2. The number of rotatable bonds is 2. The molecule has 1 N–H and O–H groups in total. The van der Waals surface area contributed by atoms with Crippen molar-refractivity contribution in [3.63, 3.8) is 0 Å². The first-order valence-corrected chi connectivity index (χ1v) is 8.18. The molecule has 1 heterocycles. The molecule has 1 nitrogen and oxygen atoms in total. The standard InChI is InChI=1S/C20H23N/c1-14-5-4-6-15(11-14)12-20-18-10-9-16-7-2-3-8-17(16)19(18)13-21-20/h2-8,11,18-21H,9-10,12-13H2,1H3/t18?,19-,20-/m1/s1. The highest BCUT2D eigenvalue weighted by atomic mass is 15.0. The van der Waals surface area contributed by atoms with Gasteiger partial charge in [-0.2, -0.15) is 0 Å². The molecule has 1 aliphatic heterocycles. The van der Waals surface area contributed by atoms with E-state index in [4.69, 9.17) is 0 Å². The van der Waals surface area contributed by atoms with Gasteiger partial charge >= 0.3 is 0 Å². The van der Waals surface area contributed by atoms with Crippen LogP contribution in [-0.4, -0.2) is 12.6 Å². The lowest BCUT2D eigenvalue weighted by Crippen LogP contribution is -2.31. The van der Waals surface area contributed by atoms with Crippen LogP contribution in [0.3, 0.4) is 0 Å². The molecule has 0 amide bonds. The first-order chi connectivity index (χ1) is 10.3. The molecule has 4 rings (SSSR count). The van der Waals surface area contributed by atoms with Gasteiger partial charge in [-0.3, -0.25) is 0 Å². The van der Waals surface area contributed by atoms with E-state index in [9.17, 15) is 0 Å². The van der Waals surface area contributed by atoms with Crippen LogP contribution in [0, 0.1) is 12.8 Å². The van der Waals surface area contributed by atoms with E-state index in [0.29, 0.717) is 6.04 Å². The van der Waals surface area contributed by atoms with Crippen LogP contribution in [0.1, 0.15) is 34.6 Å². The predicted octanol–water partition coefficient (Wildman–Crippen LogP) is 3.86. The van der Waals surface area contributed by atoms with Gasteiger partial charge in [0.2, 0.25) is 0 Å². The van der Waals surface area contributed by atoms with E-state index in [1.807, 2.05) is 0 Å². The second-order valence-corrected chi connectivity index (χ2v) is 6.72. The summed E-state index contributed by atoms with van der Waals surface area (Å²) >= 11 is 0. The van der Waals surface area contributed by atoms with Crippen molar-refractivity contribution in [2.45, 2.75) is 38.1 Å². The fourth-order valence-corrected chi connectivity index (χ4v) is 4.37. The number of fused-ring (bicyclic) bond motifs is 3. The number of hydrogen-bond donors (Lipinski definition) is 1. The van der Waals surface area contributed by atoms with Crippen molar-refractivity contribution in [2.75, 3.05) is 6.54 Å². The van der Waals surface area contributed by atoms with Gasteiger partial charge in [0.05, 0.1) is 0 Å². The van der Waals surface area contributed by atoms with Gasteiger partial charge in [-0.05, 0) is 48.8 Å². The molecule has 0 aromatic heterocycles. The Morgan fingerprint density at radius 3 is 2.90 bits per heavy atom. The molecule has 1 aliphatic carbocycles. The van der Waals surface area contributed by atoms with Crippen LogP contribution in [0.15, 0.2) is 48.5 Å². The molecule has 108 valence electrons. The highest BCUT2D eigenvalue weighted by Gasteiger charge is 2.39. The van der Waals surface area contributed by atoms with Gasteiger partial charge in [-0.25, -0.2) is 0 Å². The third-order valence-electron chi connectivity index (χ3n) is 5.37. The average Bonchev–Trinajstić information content (AvgIpc) is 2.91. The summed E-state index contributed by atoms with van der Waals surface area (Å²) < 4.78 is 0. The third-order valence-corrected chi connectivity index (χ3v) is 5.37. The van der Waals surface area contributed by atoms with Gasteiger partial charge in [0.25, 0.3) is 0 Å². The zero-order chi connectivity index (χ0) is 14.2. The molecule has 0 spiro atoms. The summed E-state index contributed by atoms with van der Waals surface area (Å²) in [5, 5.41) is 3.81. The van der Waals surface area contributed by atoms with Crippen molar-refractivity contribution in [1.82, 2.24) is 5.32 Å². The van der Waals surface area contributed by atoms with Gasteiger partial charge in [0.1, 0.15) is 0 Å². The normalized spacial score (nSPS) is 27.2. The van der Waals surface area contributed by atoms with E-state index in [1.54, 1.807) is 11.1 Å². The molecule has 0 radical (unpaired) electrons. The Morgan fingerprint density at radius 2 is 2.00 bits per heavy atom. The molecule has 2 aliphatic rings. The summed E-state index contributed by atoms with van der Waals surface area (Å²) in [6, 6.07) is 18.7. The maximum atomic E-state index is 3.81. The van der Waals surface area contributed by atoms with Gasteiger partial charge < -0.3 is 5.32 Å². The van der Waals surface area contributed by atoms with E-state index in [2.05, 4.69) is 60.8 Å². The second-order valence-electron chi connectivity index (χ2n) is 6.72. The number of nitrogens with one attached hydrogen (secondary N) is 1. The molecule has 1 unspecified atom stereocenters. The van der Waals surface area contributed by atoms with Crippen LogP contribution in [0.25, 0.3) is 0 Å². The largest absolute Gasteiger partial charge is 0.313 e. The highest BCUT2D eigenvalue weighted by Crippen LogP contribution is 2.41. The van der Waals surface area contributed by atoms with E-state index < -0.39 is 0 Å². The minimum Gasteiger partial charge on any atom is -0.313 e. The topological polar surface area (TPSA) is 12.0 Å². The second kappa shape index (κ2) is 5.31. The fraction of sp³-hybridized carbons (Fsp3) is 0.400. The number of aryl methyl sites for hydroxylation is 2. The summed E-state index contributed by atoms with van der Waals surface area (Å²) in [5.74, 6) is 1.53. The first-order valence-electron chi connectivity index (χ1n) is 8.18. The van der Waals surface area contributed by atoms with Gasteiger partial charge in [0, 0.05) is 18.5 Å². The summed E-state index contributed by atoms with van der Waals surface area (Å²) in [4.78, 5) is 0. The average molecular weight is 277 g/mol. The predicted molar refractivity (Wildman–Crippen MR) is 87.7 cm³/mol. The minimum atomic E-state index is 0.644. The van der Waals surface area contributed by atoms with E-state index in [0.717, 1.165) is 18.4 Å². The van der Waals surface area contributed by atoms with Crippen LogP contribution in [0.2, 0.25) is 0 Å². The quantitative estimate of drug-likeness (QED) is 0.879. The molecule has 2 aromatic carbocycles. The SMILES string of the molecule is Cc1cccc(C[C@H]2NC[C@@H]3c4ccccc4CCC32)c1. The van der Waals surface area contributed by atoms with Gasteiger partial charge in [-0.15, -0.1) is 0 Å². The molecule has 0 saturated carbocycles. The Hall–Kier alpha value is -1.60. The lowest BCUT2D eigenvalue weighted by Gasteiger charge is -2.30. The molecule has 21 heavy (non-hydrogen) atoms. The van der Waals surface area contributed by atoms with Crippen LogP contribution in [0.4, 0.5) is 0 Å². The fourth-order valence-electron chi connectivity index (χ4n) is 4.37. The van der Waals surface area contributed by atoms with Crippen molar-refractivity contribution in [2.24, 2.45) is 5.92 Å². The van der Waals surface area contributed by atoms with E-state index in [-0.39, 0.29) is 0 Å². The Balaban J connectivity index is 1.56. The summed E-state index contributed by atoms with van der Waals surface area (Å²) in [7, 11) is 0. The molecule has 1 fully saturated rings.